The fraction of sp³-hybridized carbons (Fsp3) is 0.368. The largest absolute Gasteiger partial charge is 0.339 e. The summed E-state index contributed by atoms with van der Waals surface area (Å²) in [6.07, 6.45) is 2.14. The number of benzene rings is 1. The third-order valence-corrected chi connectivity index (χ3v) is 4.95. The highest BCUT2D eigenvalue weighted by molar-refractivity contribution is 7.99. The number of aryl methyl sites for hydroxylation is 2. The Morgan fingerprint density at radius 2 is 1.69 bits per heavy atom. The first kappa shape index (κ1) is 18.4. The summed E-state index contributed by atoms with van der Waals surface area (Å²) < 4.78 is 0. The second kappa shape index (κ2) is 8.31. The van der Waals surface area contributed by atoms with Crippen LogP contribution in [0, 0.1) is 13.8 Å². The molecule has 3 rings (SSSR count). The number of nitrogens with one attached hydrogen (secondary N) is 1. The Labute approximate surface area is 157 Å². The second-order valence-corrected chi connectivity index (χ2v) is 7.29. The highest BCUT2D eigenvalue weighted by atomic mass is 32.2. The Kier molecular flexibility index (Phi) is 5.88. The molecule has 1 fully saturated rings. The SMILES string of the molecule is Cc1cc(C)nc(SCC(=O)Nc2ccc(C(=O)N3CCCC3)cc2)n1. The van der Waals surface area contributed by atoms with E-state index in [4.69, 9.17) is 0 Å². The van der Waals surface area contributed by atoms with Crippen molar-refractivity contribution in [3.8, 4) is 0 Å². The lowest BCUT2D eigenvalue weighted by Crippen LogP contribution is -2.27. The molecular formula is C19H22N4O2S. The number of anilines is 1. The number of nitrogens with zero attached hydrogens (tertiary/aromatic N) is 3. The van der Waals surface area contributed by atoms with E-state index in [1.165, 1.54) is 11.8 Å². The maximum absolute atomic E-state index is 12.3. The highest BCUT2D eigenvalue weighted by Crippen LogP contribution is 2.17. The number of carbonyl (C=O) groups is 2. The van der Waals surface area contributed by atoms with E-state index in [0.29, 0.717) is 16.4 Å². The van der Waals surface area contributed by atoms with Gasteiger partial charge in [-0.2, -0.15) is 0 Å². The fourth-order valence-corrected chi connectivity index (χ4v) is 3.63. The zero-order chi connectivity index (χ0) is 18.5. The molecule has 2 amide bonds. The number of aromatic nitrogens is 2. The Balaban J connectivity index is 1.53. The van der Waals surface area contributed by atoms with Gasteiger partial charge in [-0.3, -0.25) is 9.59 Å². The van der Waals surface area contributed by atoms with Crippen LogP contribution in [0.2, 0.25) is 0 Å². The van der Waals surface area contributed by atoms with Gasteiger partial charge < -0.3 is 10.2 Å². The van der Waals surface area contributed by atoms with Gasteiger partial charge in [0.25, 0.3) is 5.91 Å². The predicted octanol–water partition coefficient (Wildman–Crippen LogP) is 3.06. The molecule has 0 radical (unpaired) electrons. The minimum atomic E-state index is -0.128. The van der Waals surface area contributed by atoms with Crippen molar-refractivity contribution in [2.45, 2.75) is 31.8 Å². The molecule has 6 nitrogen and oxygen atoms in total. The zero-order valence-corrected chi connectivity index (χ0v) is 15.8. The molecule has 1 aliphatic heterocycles. The molecular weight excluding hydrogens is 348 g/mol. The van der Waals surface area contributed by atoms with Gasteiger partial charge in [0.15, 0.2) is 5.16 Å². The van der Waals surface area contributed by atoms with Crippen molar-refractivity contribution < 1.29 is 9.59 Å². The van der Waals surface area contributed by atoms with E-state index in [2.05, 4.69) is 15.3 Å². The first-order valence-corrected chi connectivity index (χ1v) is 9.64. The molecule has 1 saturated heterocycles. The molecule has 0 saturated carbocycles. The van der Waals surface area contributed by atoms with E-state index in [1.807, 2.05) is 24.8 Å². The number of hydrogen-bond acceptors (Lipinski definition) is 5. The number of hydrogen-bond donors (Lipinski definition) is 1. The minimum absolute atomic E-state index is 0.0582. The molecule has 1 aliphatic rings. The minimum Gasteiger partial charge on any atom is -0.339 e. The van der Waals surface area contributed by atoms with Crippen LogP contribution in [-0.4, -0.2) is 45.5 Å². The van der Waals surface area contributed by atoms with Crippen LogP contribution < -0.4 is 5.32 Å². The van der Waals surface area contributed by atoms with Crippen LogP contribution in [0.25, 0.3) is 0 Å². The van der Waals surface area contributed by atoms with Crippen LogP contribution in [0.1, 0.15) is 34.6 Å². The van der Waals surface area contributed by atoms with Crippen molar-refractivity contribution in [3.05, 3.63) is 47.3 Å². The number of likely N-dealkylation sites (tertiary alicyclic amines) is 1. The second-order valence-electron chi connectivity index (χ2n) is 6.35. The quantitative estimate of drug-likeness (QED) is 0.647. The summed E-state index contributed by atoms with van der Waals surface area (Å²) in [6, 6.07) is 8.94. The molecule has 26 heavy (non-hydrogen) atoms. The van der Waals surface area contributed by atoms with Crippen molar-refractivity contribution in [1.29, 1.82) is 0 Å². The molecule has 136 valence electrons. The molecule has 0 unspecified atom stereocenters. The van der Waals surface area contributed by atoms with Crippen molar-refractivity contribution in [2.24, 2.45) is 0 Å². The highest BCUT2D eigenvalue weighted by Gasteiger charge is 2.19. The lowest BCUT2D eigenvalue weighted by Gasteiger charge is -2.15. The van der Waals surface area contributed by atoms with Gasteiger partial charge in [-0.25, -0.2) is 9.97 Å². The van der Waals surface area contributed by atoms with Gasteiger partial charge >= 0.3 is 0 Å². The molecule has 2 aromatic rings. The maximum Gasteiger partial charge on any atom is 0.253 e. The van der Waals surface area contributed by atoms with Crippen LogP contribution in [0.3, 0.4) is 0 Å². The summed E-state index contributed by atoms with van der Waals surface area (Å²) in [5.74, 6) is 0.163. The summed E-state index contributed by atoms with van der Waals surface area (Å²) in [5.41, 5.74) is 3.11. The summed E-state index contributed by atoms with van der Waals surface area (Å²) >= 11 is 1.31. The topological polar surface area (TPSA) is 75.2 Å². The van der Waals surface area contributed by atoms with Gasteiger partial charge in [0.05, 0.1) is 5.75 Å². The van der Waals surface area contributed by atoms with E-state index in [1.54, 1.807) is 24.3 Å². The average Bonchev–Trinajstić information content (AvgIpc) is 3.14. The van der Waals surface area contributed by atoms with Gasteiger partial charge in [-0.15, -0.1) is 0 Å². The third-order valence-electron chi connectivity index (χ3n) is 4.10. The smallest absolute Gasteiger partial charge is 0.253 e. The molecule has 0 spiro atoms. The lowest BCUT2D eigenvalue weighted by atomic mass is 10.2. The first-order chi connectivity index (χ1) is 12.5. The van der Waals surface area contributed by atoms with E-state index in [0.717, 1.165) is 37.3 Å². The van der Waals surface area contributed by atoms with Crippen LogP contribution in [0.5, 0.6) is 0 Å². The van der Waals surface area contributed by atoms with E-state index in [9.17, 15) is 9.59 Å². The Hall–Kier alpha value is -2.41. The summed E-state index contributed by atoms with van der Waals surface area (Å²) in [5, 5.41) is 3.44. The van der Waals surface area contributed by atoms with Crippen LogP contribution in [0.4, 0.5) is 5.69 Å². The number of thioether (sulfide) groups is 1. The number of carbonyl (C=O) groups excluding carboxylic acids is 2. The van der Waals surface area contributed by atoms with Crippen molar-refractivity contribution in [2.75, 3.05) is 24.2 Å². The lowest BCUT2D eigenvalue weighted by molar-refractivity contribution is -0.113. The Morgan fingerprint density at radius 3 is 2.31 bits per heavy atom. The molecule has 1 N–H and O–H groups in total. The molecule has 7 heteroatoms. The average molecular weight is 370 g/mol. The Morgan fingerprint density at radius 1 is 1.08 bits per heavy atom. The standard InChI is InChI=1S/C19H22N4O2S/c1-13-11-14(2)21-19(20-13)26-12-17(24)22-16-7-5-15(6-8-16)18(25)23-9-3-4-10-23/h5-8,11H,3-4,9-10,12H2,1-2H3,(H,22,24). The summed E-state index contributed by atoms with van der Waals surface area (Å²) in [6.45, 7) is 5.47. The van der Waals surface area contributed by atoms with Gasteiger partial charge in [-0.05, 0) is 57.0 Å². The third kappa shape index (κ3) is 4.82. The molecule has 0 bridgehead atoms. The zero-order valence-electron chi connectivity index (χ0n) is 15.0. The monoisotopic (exact) mass is 370 g/mol. The fourth-order valence-electron chi connectivity index (χ4n) is 2.88. The van der Waals surface area contributed by atoms with Crippen molar-refractivity contribution >= 4 is 29.3 Å². The summed E-state index contributed by atoms with van der Waals surface area (Å²) in [4.78, 5) is 34.9. The normalized spacial score (nSPS) is 13.7. The summed E-state index contributed by atoms with van der Waals surface area (Å²) in [7, 11) is 0. The van der Waals surface area contributed by atoms with Crippen molar-refractivity contribution in [3.63, 3.8) is 0 Å². The van der Waals surface area contributed by atoms with Gasteiger partial charge in [0.2, 0.25) is 5.91 Å². The Bertz CT molecular complexity index is 781. The molecule has 1 aromatic carbocycles. The number of rotatable bonds is 5. The van der Waals surface area contributed by atoms with Crippen LogP contribution >= 0.6 is 11.8 Å². The molecule has 2 heterocycles. The van der Waals surface area contributed by atoms with E-state index in [-0.39, 0.29) is 17.6 Å². The van der Waals surface area contributed by atoms with E-state index < -0.39 is 0 Å². The molecule has 0 atom stereocenters. The molecule has 0 aliphatic carbocycles. The van der Waals surface area contributed by atoms with Crippen molar-refractivity contribution in [1.82, 2.24) is 14.9 Å². The van der Waals surface area contributed by atoms with Gasteiger partial charge in [0.1, 0.15) is 0 Å². The predicted molar refractivity (Wildman–Crippen MR) is 102 cm³/mol. The molecule has 1 aromatic heterocycles. The van der Waals surface area contributed by atoms with Gasteiger partial charge in [-0.1, -0.05) is 11.8 Å². The first-order valence-electron chi connectivity index (χ1n) is 8.65. The maximum atomic E-state index is 12.3. The van der Waals surface area contributed by atoms with Crippen LogP contribution in [0.15, 0.2) is 35.5 Å². The number of amides is 2. The van der Waals surface area contributed by atoms with E-state index >= 15 is 0 Å². The van der Waals surface area contributed by atoms with Gasteiger partial charge in [0, 0.05) is 35.7 Å². The van der Waals surface area contributed by atoms with Crippen LogP contribution in [-0.2, 0) is 4.79 Å².